The first kappa shape index (κ1) is 15.3. The summed E-state index contributed by atoms with van der Waals surface area (Å²) in [4.78, 5) is 4.00. The molecule has 0 radical (unpaired) electrons. The van der Waals surface area contributed by atoms with Gasteiger partial charge in [0.2, 0.25) is 0 Å². The van der Waals surface area contributed by atoms with Crippen LogP contribution in [0.2, 0.25) is 0 Å². The van der Waals surface area contributed by atoms with Crippen molar-refractivity contribution in [3.05, 3.63) is 30.1 Å². The van der Waals surface area contributed by atoms with Gasteiger partial charge in [-0.15, -0.1) is 0 Å². The quantitative estimate of drug-likeness (QED) is 0.879. The number of hydrogen-bond donors (Lipinski definition) is 1. The topological polar surface area (TPSA) is 94.3 Å². The number of aromatic nitrogens is 2. The molecular formula is C13H17N3O4S. The molecule has 8 heteroatoms. The van der Waals surface area contributed by atoms with E-state index in [1.807, 2.05) is 20.8 Å². The predicted molar refractivity (Wildman–Crippen MR) is 76.7 cm³/mol. The summed E-state index contributed by atoms with van der Waals surface area (Å²) in [6, 6.07) is 5.96. The zero-order valence-electron chi connectivity index (χ0n) is 12.0. The maximum atomic E-state index is 12.2. The van der Waals surface area contributed by atoms with Crippen molar-refractivity contribution < 1.29 is 17.7 Å². The molecule has 0 unspecified atom stereocenters. The number of nitrogens with zero attached hydrogens (tertiary/aromatic N) is 2. The third kappa shape index (κ3) is 3.94. The van der Waals surface area contributed by atoms with Gasteiger partial charge < -0.3 is 9.26 Å². The molecule has 0 amide bonds. The molecule has 0 saturated heterocycles. The van der Waals surface area contributed by atoms with Crippen molar-refractivity contribution in [1.29, 1.82) is 0 Å². The van der Waals surface area contributed by atoms with E-state index in [2.05, 4.69) is 14.9 Å². The van der Waals surface area contributed by atoms with Crippen molar-refractivity contribution in [3.8, 4) is 5.75 Å². The highest BCUT2D eigenvalue weighted by molar-refractivity contribution is 7.92. The van der Waals surface area contributed by atoms with Crippen molar-refractivity contribution >= 4 is 16.0 Å². The van der Waals surface area contributed by atoms with E-state index in [9.17, 15) is 8.42 Å². The van der Waals surface area contributed by atoms with Gasteiger partial charge in [-0.05, 0) is 38.1 Å². The fraction of sp³-hybridized carbons (Fsp3) is 0.385. The predicted octanol–water partition coefficient (Wildman–Crippen LogP) is 2.22. The second-order valence-corrected chi connectivity index (χ2v) is 6.30. The van der Waals surface area contributed by atoms with E-state index in [-0.39, 0.29) is 17.0 Å². The lowest BCUT2D eigenvalue weighted by molar-refractivity contribution is 0.242. The molecule has 0 saturated carbocycles. The maximum absolute atomic E-state index is 12.2. The highest BCUT2D eigenvalue weighted by atomic mass is 32.2. The Kier molecular flexibility index (Phi) is 4.46. The van der Waals surface area contributed by atoms with Crippen LogP contribution in [-0.2, 0) is 16.4 Å². The molecule has 1 aromatic carbocycles. The van der Waals surface area contributed by atoms with Crippen LogP contribution in [0.25, 0.3) is 0 Å². The van der Waals surface area contributed by atoms with Crippen LogP contribution < -0.4 is 9.46 Å². The minimum atomic E-state index is -3.76. The molecule has 1 N–H and O–H groups in total. The highest BCUT2D eigenvalue weighted by Crippen LogP contribution is 2.19. The second kappa shape index (κ2) is 6.13. The molecule has 114 valence electrons. The van der Waals surface area contributed by atoms with Crippen LogP contribution in [0, 0.1) is 0 Å². The highest BCUT2D eigenvalue weighted by Gasteiger charge is 2.18. The van der Waals surface area contributed by atoms with Gasteiger partial charge in [-0.25, -0.2) is 13.1 Å². The first-order chi connectivity index (χ1) is 9.90. The van der Waals surface area contributed by atoms with Crippen molar-refractivity contribution in [2.45, 2.75) is 38.2 Å². The summed E-state index contributed by atoms with van der Waals surface area (Å²) in [7, 11) is -3.76. The Balaban J connectivity index is 2.15. The molecule has 21 heavy (non-hydrogen) atoms. The van der Waals surface area contributed by atoms with E-state index in [4.69, 9.17) is 9.26 Å². The molecule has 0 bridgehead atoms. The normalized spacial score (nSPS) is 11.6. The smallest absolute Gasteiger partial charge is 0.335 e. The fourth-order valence-corrected chi connectivity index (χ4v) is 2.51. The number of rotatable bonds is 6. The van der Waals surface area contributed by atoms with E-state index < -0.39 is 10.0 Å². The molecule has 0 spiro atoms. The number of ether oxygens (including phenoxy) is 1. The summed E-state index contributed by atoms with van der Waals surface area (Å²) in [6.07, 6.45) is 0.586. The molecule has 0 aliphatic rings. The van der Waals surface area contributed by atoms with Gasteiger partial charge in [-0.3, -0.25) is 0 Å². The zero-order valence-corrected chi connectivity index (χ0v) is 12.8. The average Bonchev–Trinajstić information content (AvgIpc) is 2.85. The van der Waals surface area contributed by atoms with Crippen molar-refractivity contribution in [1.82, 2.24) is 10.1 Å². The molecule has 2 rings (SSSR count). The van der Waals surface area contributed by atoms with Gasteiger partial charge in [-0.2, -0.15) is 4.98 Å². The van der Waals surface area contributed by atoms with Gasteiger partial charge in [0.15, 0.2) is 5.82 Å². The van der Waals surface area contributed by atoms with Crippen molar-refractivity contribution in [2.75, 3.05) is 4.72 Å². The van der Waals surface area contributed by atoms with E-state index in [1.54, 1.807) is 12.1 Å². The summed E-state index contributed by atoms with van der Waals surface area (Å²) in [5, 5.41) is 3.63. The summed E-state index contributed by atoms with van der Waals surface area (Å²) in [6.45, 7) is 5.64. The van der Waals surface area contributed by atoms with E-state index >= 15 is 0 Å². The summed E-state index contributed by atoms with van der Waals surface area (Å²) in [5.41, 5.74) is 0. The van der Waals surface area contributed by atoms with Crippen LogP contribution in [0.1, 0.15) is 26.6 Å². The number of aryl methyl sites for hydroxylation is 1. The zero-order chi connectivity index (χ0) is 15.5. The maximum Gasteiger partial charge on any atom is 0.335 e. The van der Waals surface area contributed by atoms with Crippen LogP contribution in [0.3, 0.4) is 0 Å². The van der Waals surface area contributed by atoms with Crippen LogP contribution in [0.15, 0.2) is 33.7 Å². The summed E-state index contributed by atoms with van der Waals surface area (Å²) < 4.78 is 36.8. The minimum Gasteiger partial charge on any atom is -0.491 e. The lowest BCUT2D eigenvalue weighted by Gasteiger charge is -2.10. The average molecular weight is 311 g/mol. The Morgan fingerprint density at radius 2 is 1.95 bits per heavy atom. The fourth-order valence-electron chi connectivity index (χ4n) is 1.58. The number of hydrogen-bond acceptors (Lipinski definition) is 6. The van der Waals surface area contributed by atoms with Gasteiger partial charge >= 0.3 is 6.01 Å². The molecule has 0 atom stereocenters. The van der Waals surface area contributed by atoms with Crippen LogP contribution >= 0.6 is 0 Å². The summed E-state index contributed by atoms with van der Waals surface area (Å²) >= 11 is 0. The Bertz CT molecular complexity index is 692. The van der Waals surface area contributed by atoms with E-state index in [1.165, 1.54) is 12.1 Å². The first-order valence-corrected chi connectivity index (χ1v) is 8.01. The Morgan fingerprint density at radius 1 is 1.29 bits per heavy atom. The third-order valence-corrected chi connectivity index (χ3v) is 3.85. The largest absolute Gasteiger partial charge is 0.491 e. The first-order valence-electron chi connectivity index (χ1n) is 6.53. The minimum absolute atomic E-state index is 0.0245. The Morgan fingerprint density at radius 3 is 2.48 bits per heavy atom. The number of anilines is 1. The van der Waals surface area contributed by atoms with Crippen molar-refractivity contribution in [3.63, 3.8) is 0 Å². The number of nitrogens with one attached hydrogen (secondary N) is 1. The molecule has 1 heterocycles. The van der Waals surface area contributed by atoms with Gasteiger partial charge in [0, 0.05) is 6.42 Å². The summed E-state index contributed by atoms with van der Waals surface area (Å²) in [5.74, 6) is 1.04. The third-order valence-electron chi connectivity index (χ3n) is 2.51. The van der Waals surface area contributed by atoms with E-state index in [0.717, 1.165) is 0 Å². The van der Waals surface area contributed by atoms with Gasteiger partial charge in [0.05, 0.1) is 11.0 Å². The van der Waals surface area contributed by atoms with Gasteiger partial charge in [0.1, 0.15) is 5.75 Å². The molecule has 1 aromatic heterocycles. The Labute approximate surface area is 123 Å². The number of sulfonamides is 1. The lowest BCUT2D eigenvalue weighted by Crippen LogP contribution is -2.13. The van der Waals surface area contributed by atoms with Crippen molar-refractivity contribution in [2.24, 2.45) is 0 Å². The lowest BCUT2D eigenvalue weighted by atomic mass is 10.3. The van der Waals surface area contributed by atoms with Gasteiger partial charge in [0.25, 0.3) is 10.0 Å². The molecule has 0 fully saturated rings. The van der Waals surface area contributed by atoms with Crippen LogP contribution in [0.5, 0.6) is 5.75 Å². The molecule has 0 aliphatic heterocycles. The second-order valence-electron chi connectivity index (χ2n) is 4.61. The molecule has 2 aromatic rings. The van der Waals surface area contributed by atoms with Gasteiger partial charge in [-0.1, -0.05) is 12.1 Å². The molecular weight excluding hydrogens is 294 g/mol. The number of benzene rings is 1. The Hall–Kier alpha value is -2.09. The monoisotopic (exact) mass is 311 g/mol. The van der Waals surface area contributed by atoms with Crippen LogP contribution in [-0.4, -0.2) is 24.7 Å². The molecule has 0 aliphatic carbocycles. The molecule has 7 nitrogen and oxygen atoms in total. The van der Waals surface area contributed by atoms with E-state index in [0.29, 0.717) is 18.0 Å². The van der Waals surface area contributed by atoms with Crippen LogP contribution in [0.4, 0.5) is 6.01 Å². The standard InChI is InChI=1S/C13H17N3O4S/c1-4-12-14-13(20-15-12)16-21(17,18)11-7-5-10(6-8-11)19-9(2)3/h5-9H,4H2,1-3H3,(H,14,15,16). The SMILES string of the molecule is CCc1noc(NS(=O)(=O)c2ccc(OC(C)C)cc2)n1.